The molecule has 8 heteroatoms. The molecular weight excluding hydrogens is 405 g/mol. The minimum absolute atomic E-state index is 0.138. The Morgan fingerprint density at radius 2 is 1.94 bits per heavy atom. The van der Waals surface area contributed by atoms with Gasteiger partial charge in [0.25, 0.3) is 5.91 Å². The summed E-state index contributed by atoms with van der Waals surface area (Å²) in [4.78, 5) is 14.6. The zero-order valence-corrected chi connectivity index (χ0v) is 17.1. The standard InChI is InChI=1S/C23H23F3N4O/c1-13-14-7-8-29(13)12-18(10-14)30-20-6-5-16(11-19(20)21(28-30)22(27)31)15-3-2-4-17(9-15)23(24,25)26/h2-6,9,11,13-14,18H,7-8,10,12H2,1H3,(H2,27,31). The molecule has 1 aromatic heterocycles. The third kappa shape index (κ3) is 3.39. The minimum atomic E-state index is -4.42. The number of hydrogen-bond acceptors (Lipinski definition) is 3. The number of nitrogens with two attached hydrogens (primary N) is 1. The fraction of sp³-hybridized carbons (Fsp3) is 0.391. The summed E-state index contributed by atoms with van der Waals surface area (Å²) in [5.74, 6) is -0.0446. The zero-order valence-electron chi connectivity index (χ0n) is 17.1. The highest BCUT2D eigenvalue weighted by Crippen LogP contribution is 2.40. The first-order chi connectivity index (χ1) is 14.7. The van der Waals surface area contributed by atoms with Crippen LogP contribution in [0.2, 0.25) is 0 Å². The van der Waals surface area contributed by atoms with Crippen LogP contribution in [-0.4, -0.2) is 39.7 Å². The van der Waals surface area contributed by atoms with Crippen LogP contribution in [0, 0.1) is 5.92 Å². The number of benzene rings is 2. The molecule has 0 radical (unpaired) electrons. The van der Waals surface area contributed by atoms with Crippen LogP contribution in [0.4, 0.5) is 13.2 Å². The maximum absolute atomic E-state index is 13.1. The van der Waals surface area contributed by atoms with Gasteiger partial charge in [-0.25, -0.2) is 0 Å². The number of rotatable bonds is 3. The number of nitrogens with zero attached hydrogens (tertiary/aromatic N) is 3. The molecule has 5 nitrogen and oxygen atoms in total. The van der Waals surface area contributed by atoms with Crippen molar-refractivity contribution in [1.82, 2.24) is 14.7 Å². The fourth-order valence-corrected chi connectivity index (χ4v) is 5.17. The summed E-state index contributed by atoms with van der Waals surface area (Å²) >= 11 is 0. The first-order valence-corrected chi connectivity index (χ1v) is 10.5. The third-order valence-electron chi connectivity index (χ3n) is 6.87. The van der Waals surface area contributed by atoms with Crippen molar-refractivity contribution >= 4 is 16.8 Å². The lowest BCUT2D eigenvalue weighted by Gasteiger charge is -2.36. The van der Waals surface area contributed by atoms with Crippen LogP contribution in [0.15, 0.2) is 42.5 Å². The van der Waals surface area contributed by atoms with Gasteiger partial charge in [0.2, 0.25) is 0 Å². The van der Waals surface area contributed by atoms with E-state index in [1.165, 1.54) is 12.5 Å². The van der Waals surface area contributed by atoms with Crippen molar-refractivity contribution in [2.24, 2.45) is 11.7 Å². The minimum Gasteiger partial charge on any atom is -0.364 e. The summed E-state index contributed by atoms with van der Waals surface area (Å²) in [5.41, 5.74) is 6.85. The summed E-state index contributed by atoms with van der Waals surface area (Å²) in [7, 11) is 0. The highest BCUT2D eigenvalue weighted by Gasteiger charge is 2.40. The summed E-state index contributed by atoms with van der Waals surface area (Å²) in [6, 6.07) is 11.2. The molecule has 1 amide bonds. The Bertz CT molecular complexity index is 1160. The van der Waals surface area contributed by atoms with Gasteiger partial charge >= 0.3 is 6.18 Å². The average Bonchev–Trinajstić information content (AvgIpc) is 3.19. The number of carbonyl (C=O) groups excluding carboxylic acids is 1. The second kappa shape index (κ2) is 7.09. The molecule has 5 rings (SSSR count). The van der Waals surface area contributed by atoms with Gasteiger partial charge in [-0.3, -0.25) is 14.4 Å². The van der Waals surface area contributed by atoms with Gasteiger partial charge in [0, 0.05) is 18.0 Å². The van der Waals surface area contributed by atoms with Crippen molar-refractivity contribution in [3.63, 3.8) is 0 Å². The van der Waals surface area contributed by atoms with E-state index in [-0.39, 0.29) is 11.7 Å². The number of primary amides is 1. The molecule has 2 N–H and O–H groups in total. The summed E-state index contributed by atoms with van der Waals surface area (Å²) in [6.07, 6.45) is -2.27. The first kappa shape index (κ1) is 20.1. The Hall–Kier alpha value is -2.87. The average molecular weight is 428 g/mol. The van der Waals surface area contributed by atoms with Crippen LogP contribution in [0.3, 0.4) is 0 Å². The predicted octanol–water partition coefficient (Wildman–Crippen LogP) is 4.48. The highest BCUT2D eigenvalue weighted by atomic mass is 19.4. The molecule has 2 aliphatic heterocycles. The van der Waals surface area contributed by atoms with E-state index in [2.05, 4.69) is 16.9 Å². The number of hydrogen-bond donors (Lipinski definition) is 1. The number of alkyl halides is 3. The molecule has 2 aromatic carbocycles. The topological polar surface area (TPSA) is 64.2 Å². The monoisotopic (exact) mass is 428 g/mol. The SMILES string of the molecule is CC1C2CCN1CC(n1nc(C(N)=O)c3cc(-c4cccc(C(F)(F)F)c4)ccc31)C2. The lowest BCUT2D eigenvalue weighted by atomic mass is 9.90. The summed E-state index contributed by atoms with van der Waals surface area (Å²) in [6.45, 7) is 4.19. The van der Waals surface area contributed by atoms with Crippen molar-refractivity contribution in [3.05, 3.63) is 53.7 Å². The van der Waals surface area contributed by atoms with Gasteiger partial charge in [-0.15, -0.1) is 0 Å². The Balaban J connectivity index is 1.58. The third-order valence-corrected chi connectivity index (χ3v) is 6.87. The zero-order chi connectivity index (χ0) is 21.9. The molecule has 0 saturated carbocycles. The molecule has 0 aliphatic carbocycles. The molecule has 3 heterocycles. The Labute approximate surface area is 177 Å². The van der Waals surface area contributed by atoms with Gasteiger partial charge in [0.15, 0.2) is 5.69 Å². The Morgan fingerprint density at radius 1 is 1.16 bits per heavy atom. The normalized spacial score (nSPS) is 25.8. The highest BCUT2D eigenvalue weighted by molar-refractivity contribution is 6.05. The lowest BCUT2D eigenvalue weighted by molar-refractivity contribution is -0.137. The molecule has 31 heavy (non-hydrogen) atoms. The van der Waals surface area contributed by atoms with E-state index >= 15 is 0 Å². The Morgan fingerprint density at radius 3 is 2.65 bits per heavy atom. The largest absolute Gasteiger partial charge is 0.416 e. The molecule has 2 bridgehead atoms. The van der Waals surface area contributed by atoms with Crippen LogP contribution >= 0.6 is 0 Å². The summed E-state index contributed by atoms with van der Waals surface area (Å²) < 4.78 is 41.3. The van der Waals surface area contributed by atoms with Gasteiger partial charge in [0.05, 0.1) is 17.1 Å². The lowest BCUT2D eigenvalue weighted by Crippen LogP contribution is -2.41. The molecule has 0 spiro atoms. The van der Waals surface area contributed by atoms with Gasteiger partial charge in [-0.05, 0) is 67.6 Å². The maximum Gasteiger partial charge on any atom is 0.416 e. The van der Waals surface area contributed by atoms with E-state index in [0.29, 0.717) is 28.5 Å². The van der Waals surface area contributed by atoms with Gasteiger partial charge in [-0.2, -0.15) is 18.3 Å². The molecule has 4 atom stereocenters. The molecule has 162 valence electrons. The predicted molar refractivity (Wildman–Crippen MR) is 111 cm³/mol. The van der Waals surface area contributed by atoms with Crippen molar-refractivity contribution in [2.75, 3.05) is 13.1 Å². The first-order valence-electron chi connectivity index (χ1n) is 10.5. The van der Waals surface area contributed by atoms with Gasteiger partial charge < -0.3 is 5.73 Å². The molecule has 4 unspecified atom stereocenters. The van der Waals surface area contributed by atoms with Crippen LogP contribution < -0.4 is 5.73 Å². The van der Waals surface area contributed by atoms with E-state index in [4.69, 9.17) is 5.73 Å². The van der Waals surface area contributed by atoms with E-state index < -0.39 is 17.6 Å². The van der Waals surface area contributed by atoms with Crippen LogP contribution in [0.1, 0.15) is 41.9 Å². The van der Waals surface area contributed by atoms with Crippen molar-refractivity contribution in [3.8, 4) is 11.1 Å². The Kier molecular flexibility index (Phi) is 4.58. The molecular formula is C23H23F3N4O. The van der Waals surface area contributed by atoms with Crippen molar-refractivity contribution in [2.45, 2.75) is 38.0 Å². The van der Waals surface area contributed by atoms with E-state index in [9.17, 15) is 18.0 Å². The van der Waals surface area contributed by atoms with E-state index in [1.54, 1.807) is 18.2 Å². The second-order valence-electron chi connectivity index (χ2n) is 8.64. The maximum atomic E-state index is 13.1. The van der Waals surface area contributed by atoms with Crippen LogP contribution in [-0.2, 0) is 6.18 Å². The molecule has 3 aromatic rings. The van der Waals surface area contributed by atoms with E-state index in [0.717, 1.165) is 37.2 Å². The van der Waals surface area contributed by atoms with Gasteiger partial charge in [0.1, 0.15) is 0 Å². The number of amides is 1. The molecule has 2 fully saturated rings. The molecule has 2 aliphatic rings. The van der Waals surface area contributed by atoms with Gasteiger partial charge in [-0.1, -0.05) is 18.2 Å². The molecule has 2 saturated heterocycles. The van der Waals surface area contributed by atoms with Crippen LogP contribution in [0.5, 0.6) is 0 Å². The second-order valence-corrected chi connectivity index (χ2v) is 8.64. The van der Waals surface area contributed by atoms with E-state index in [1.807, 2.05) is 10.7 Å². The smallest absolute Gasteiger partial charge is 0.364 e. The number of fused-ring (bicyclic) bond motifs is 3. The quantitative estimate of drug-likeness (QED) is 0.669. The number of piperidine rings is 1. The number of aromatic nitrogens is 2. The number of halogens is 3. The van der Waals surface area contributed by atoms with Crippen molar-refractivity contribution < 1.29 is 18.0 Å². The number of carbonyl (C=O) groups is 1. The fourth-order valence-electron chi connectivity index (χ4n) is 5.17. The van der Waals surface area contributed by atoms with Crippen LogP contribution in [0.25, 0.3) is 22.0 Å². The van der Waals surface area contributed by atoms with Crippen molar-refractivity contribution in [1.29, 1.82) is 0 Å². The summed E-state index contributed by atoms with van der Waals surface area (Å²) in [5, 5.41) is 5.13.